The number of nitrogens with zero attached hydrogens (tertiary/aromatic N) is 1. The predicted molar refractivity (Wildman–Crippen MR) is 44.4 cm³/mol. The maximum Gasteiger partial charge on any atom is 0.207 e. The second-order valence-electron chi connectivity index (χ2n) is 2.68. The molecular weight excluding hydrogens is 169 g/mol. The second-order valence-corrected chi connectivity index (χ2v) is 2.68. The van der Waals surface area contributed by atoms with Crippen LogP contribution in [0, 0.1) is 11.3 Å². The van der Waals surface area contributed by atoms with Crippen LogP contribution in [0.15, 0.2) is 29.8 Å². The molecule has 0 saturated heterocycles. The highest BCUT2D eigenvalue weighted by Gasteiger charge is 2.29. The normalized spacial score (nSPS) is 14.3. The Labute approximate surface area is 73.9 Å². The highest BCUT2D eigenvalue weighted by molar-refractivity contribution is 6.21. The molecule has 1 aliphatic carbocycles. The van der Waals surface area contributed by atoms with Crippen molar-refractivity contribution >= 4 is 11.6 Å². The third-order valence-electron chi connectivity index (χ3n) is 1.97. The monoisotopic (exact) mass is 173 g/mol. The van der Waals surface area contributed by atoms with Crippen LogP contribution < -0.4 is 0 Å². The molecule has 0 aliphatic heterocycles. The van der Waals surface area contributed by atoms with Gasteiger partial charge in [0.25, 0.3) is 0 Å². The van der Waals surface area contributed by atoms with Crippen molar-refractivity contribution in [1.29, 1.82) is 5.26 Å². The summed E-state index contributed by atoms with van der Waals surface area (Å²) >= 11 is 0. The summed E-state index contributed by atoms with van der Waals surface area (Å²) in [5.74, 6) is -1.22. The van der Waals surface area contributed by atoms with E-state index in [1.54, 1.807) is 18.2 Å². The van der Waals surface area contributed by atoms with Crippen molar-refractivity contribution in [3.63, 3.8) is 0 Å². The number of hydrogen-bond acceptors (Lipinski definition) is 2. The van der Waals surface area contributed by atoms with Crippen LogP contribution in [0.1, 0.15) is 15.9 Å². The molecule has 1 aromatic carbocycles. The largest absolute Gasteiger partial charge is 0.288 e. The molecular formula is C10H4FNO. The van der Waals surface area contributed by atoms with Gasteiger partial charge in [0.05, 0.1) is 0 Å². The van der Waals surface area contributed by atoms with E-state index in [1.807, 2.05) is 0 Å². The van der Waals surface area contributed by atoms with Gasteiger partial charge in [-0.05, 0) is 0 Å². The lowest BCUT2D eigenvalue weighted by Crippen LogP contribution is -1.95. The molecule has 0 heterocycles. The molecule has 1 aliphatic rings. The first-order chi connectivity index (χ1) is 6.25. The third-order valence-corrected chi connectivity index (χ3v) is 1.97. The van der Waals surface area contributed by atoms with Crippen LogP contribution in [-0.2, 0) is 0 Å². The van der Waals surface area contributed by atoms with Gasteiger partial charge in [-0.25, -0.2) is 4.39 Å². The molecule has 2 rings (SSSR count). The van der Waals surface area contributed by atoms with Gasteiger partial charge in [-0.15, -0.1) is 0 Å². The van der Waals surface area contributed by atoms with E-state index in [4.69, 9.17) is 5.26 Å². The van der Waals surface area contributed by atoms with Crippen LogP contribution in [0.2, 0.25) is 0 Å². The lowest BCUT2D eigenvalue weighted by Gasteiger charge is -1.93. The van der Waals surface area contributed by atoms with Crippen LogP contribution in [-0.4, -0.2) is 5.78 Å². The van der Waals surface area contributed by atoms with Gasteiger partial charge in [0.1, 0.15) is 11.6 Å². The number of ketones is 1. The molecule has 0 radical (unpaired) electrons. The van der Waals surface area contributed by atoms with Crippen molar-refractivity contribution in [3.8, 4) is 6.07 Å². The summed E-state index contributed by atoms with van der Waals surface area (Å²) in [6, 6.07) is 7.85. The van der Waals surface area contributed by atoms with E-state index in [1.165, 1.54) is 12.1 Å². The second kappa shape index (κ2) is 2.53. The fourth-order valence-electron chi connectivity index (χ4n) is 1.34. The number of halogens is 1. The highest BCUT2D eigenvalue weighted by Crippen LogP contribution is 2.32. The van der Waals surface area contributed by atoms with Gasteiger partial charge >= 0.3 is 0 Å². The van der Waals surface area contributed by atoms with Gasteiger partial charge in [0.15, 0.2) is 5.83 Å². The third kappa shape index (κ3) is 0.890. The zero-order valence-corrected chi connectivity index (χ0v) is 6.54. The standard InChI is InChI=1S/C10H4FNO/c11-9-6-3-1-2-4-7(6)10(13)8(9)5-12/h1-4H. The first kappa shape index (κ1) is 7.69. The smallest absolute Gasteiger partial charge is 0.207 e. The minimum atomic E-state index is -0.705. The number of Topliss-reactive ketones (excluding diaryl/α,β-unsaturated/α-hetero) is 1. The van der Waals surface area contributed by atoms with Gasteiger partial charge in [0.2, 0.25) is 5.78 Å². The summed E-state index contributed by atoms with van der Waals surface area (Å²) in [5.41, 5.74) is 0.113. The molecule has 2 nitrogen and oxygen atoms in total. The minimum absolute atomic E-state index is 0.226. The molecule has 0 unspecified atom stereocenters. The van der Waals surface area contributed by atoms with E-state index >= 15 is 0 Å². The minimum Gasteiger partial charge on any atom is -0.288 e. The Bertz CT molecular complexity index is 468. The summed E-state index contributed by atoms with van der Waals surface area (Å²) in [6.45, 7) is 0. The van der Waals surface area contributed by atoms with Crippen molar-refractivity contribution in [2.24, 2.45) is 0 Å². The summed E-state index contributed by atoms with van der Waals surface area (Å²) in [5, 5.41) is 8.51. The van der Waals surface area contributed by atoms with Crippen molar-refractivity contribution in [2.45, 2.75) is 0 Å². The van der Waals surface area contributed by atoms with Crippen LogP contribution in [0.3, 0.4) is 0 Å². The zero-order valence-electron chi connectivity index (χ0n) is 6.54. The van der Waals surface area contributed by atoms with E-state index in [0.29, 0.717) is 0 Å². The van der Waals surface area contributed by atoms with E-state index in [-0.39, 0.29) is 16.7 Å². The van der Waals surface area contributed by atoms with Crippen LogP contribution in [0.25, 0.3) is 5.83 Å². The fraction of sp³-hybridized carbons (Fsp3) is 0. The number of fused-ring (bicyclic) bond motifs is 1. The molecule has 0 saturated carbocycles. The number of hydrogen-bond donors (Lipinski definition) is 0. The van der Waals surface area contributed by atoms with Gasteiger partial charge in [-0.1, -0.05) is 24.3 Å². The van der Waals surface area contributed by atoms with Crippen molar-refractivity contribution in [2.75, 3.05) is 0 Å². The first-order valence-electron chi connectivity index (χ1n) is 3.69. The van der Waals surface area contributed by atoms with Crippen LogP contribution >= 0.6 is 0 Å². The Balaban J connectivity index is 2.74. The maximum absolute atomic E-state index is 13.3. The van der Waals surface area contributed by atoms with Crippen molar-refractivity contribution in [3.05, 3.63) is 41.0 Å². The number of rotatable bonds is 0. The number of carbonyl (C=O) groups excluding carboxylic acids is 1. The number of nitriles is 1. The Hall–Kier alpha value is -1.95. The lowest BCUT2D eigenvalue weighted by molar-refractivity contribution is 0.104. The molecule has 62 valence electrons. The Morgan fingerprint density at radius 3 is 2.38 bits per heavy atom. The van der Waals surface area contributed by atoms with Gasteiger partial charge in [0, 0.05) is 11.1 Å². The van der Waals surface area contributed by atoms with Crippen molar-refractivity contribution < 1.29 is 9.18 Å². The fourth-order valence-corrected chi connectivity index (χ4v) is 1.34. The lowest BCUT2D eigenvalue weighted by atomic mass is 10.1. The molecule has 3 heteroatoms. The molecule has 0 aromatic heterocycles. The topological polar surface area (TPSA) is 40.9 Å². The summed E-state index contributed by atoms with van der Waals surface area (Å²) in [7, 11) is 0. The first-order valence-corrected chi connectivity index (χ1v) is 3.69. The van der Waals surface area contributed by atoms with Gasteiger partial charge in [-0.3, -0.25) is 4.79 Å². The molecule has 0 atom stereocenters. The van der Waals surface area contributed by atoms with Gasteiger partial charge in [-0.2, -0.15) is 5.26 Å². The average Bonchev–Trinajstić information content (AvgIpc) is 2.41. The Morgan fingerprint density at radius 1 is 1.23 bits per heavy atom. The highest BCUT2D eigenvalue weighted by atomic mass is 19.1. The molecule has 1 aromatic rings. The zero-order chi connectivity index (χ0) is 9.42. The molecule has 0 fully saturated rings. The maximum atomic E-state index is 13.3. The molecule has 0 bridgehead atoms. The SMILES string of the molecule is N#CC1=C(F)c2ccccc2C1=O. The summed E-state index contributed by atoms with van der Waals surface area (Å²) in [4.78, 5) is 11.3. The van der Waals surface area contributed by atoms with Crippen LogP contribution in [0.4, 0.5) is 4.39 Å². The molecule has 0 N–H and O–H groups in total. The number of benzene rings is 1. The van der Waals surface area contributed by atoms with E-state index in [0.717, 1.165) is 0 Å². The molecule has 0 spiro atoms. The quantitative estimate of drug-likeness (QED) is 0.602. The number of carbonyl (C=O) groups is 1. The summed E-state index contributed by atoms with van der Waals surface area (Å²) in [6.07, 6.45) is 0. The summed E-state index contributed by atoms with van der Waals surface area (Å²) < 4.78 is 13.3. The van der Waals surface area contributed by atoms with Crippen molar-refractivity contribution in [1.82, 2.24) is 0 Å². The van der Waals surface area contributed by atoms with Gasteiger partial charge < -0.3 is 0 Å². The predicted octanol–water partition coefficient (Wildman–Crippen LogP) is 2.09. The molecule has 0 amide bonds. The average molecular weight is 173 g/mol. The Morgan fingerprint density at radius 2 is 1.85 bits per heavy atom. The molecule has 13 heavy (non-hydrogen) atoms. The van der Waals surface area contributed by atoms with E-state index in [9.17, 15) is 9.18 Å². The Kier molecular flexibility index (Phi) is 1.49. The number of allylic oxidation sites excluding steroid dienone is 1. The van der Waals surface area contributed by atoms with E-state index in [2.05, 4.69) is 0 Å². The van der Waals surface area contributed by atoms with Crippen LogP contribution in [0.5, 0.6) is 0 Å². The van der Waals surface area contributed by atoms with E-state index < -0.39 is 11.6 Å².